The zero-order chi connectivity index (χ0) is 15.7. The summed E-state index contributed by atoms with van der Waals surface area (Å²) in [5.74, 6) is 0. The number of rotatable bonds is 3. The molecule has 0 bridgehead atoms. The van der Waals surface area contributed by atoms with E-state index in [1.807, 2.05) is 20.0 Å². The number of pyridine rings is 1. The van der Waals surface area contributed by atoms with Gasteiger partial charge in [0.25, 0.3) is 0 Å². The average Bonchev–Trinajstić information content (AvgIpc) is 2.54. The second kappa shape index (κ2) is 5.95. The lowest BCUT2D eigenvalue weighted by Crippen LogP contribution is -2.46. The van der Waals surface area contributed by atoms with Gasteiger partial charge in [-0.15, -0.1) is 0 Å². The standard InChI is InChI=1S/C16H21N3O2S/c1-12-9-18-10-13-5-3-7-15(16(12)13)22(20,21)19-8-4-6-14(11-19)17-2/h3,5,7,9-10,14,17H,4,6,8,11H2,1-2H3/t14-/m1/s1. The first-order valence-electron chi connectivity index (χ1n) is 7.55. The van der Waals surface area contributed by atoms with Crippen molar-refractivity contribution < 1.29 is 8.42 Å². The van der Waals surface area contributed by atoms with Crippen LogP contribution < -0.4 is 5.32 Å². The molecule has 0 unspecified atom stereocenters. The molecule has 0 amide bonds. The normalized spacial score (nSPS) is 20.4. The fourth-order valence-electron chi connectivity index (χ4n) is 3.12. The summed E-state index contributed by atoms with van der Waals surface area (Å²) in [5, 5.41) is 4.84. The third-order valence-electron chi connectivity index (χ3n) is 4.34. The van der Waals surface area contributed by atoms with Crippen LogP contribution in [0.4, 0.5) is 0 Å². The average molecular weight is 319 g/mol. The maximum absolute atomic E-state index is 13.1. The minimum atomic E-state index is -3.49. The molecule has 3 rings (SSSR count). The molecular weight excluding hydrogens is 298 g/mol. The highest BCUT2D eigenvalue weighted by molar-refractivity contribution is 7.89. The van der Waals surface area contributed by atoms with Gasteiger partial charge in [-0.1, -0.05) is 12.1 Å². The van der Waals surface area contributed by atoms with E-state index in [4.69, 9.17) is 0 Å². The van der Waals surface area contributed by atoms with E-state index in [1.54, 1.807) is 28.8 Å². The molecule has 0 radical (unpaired) electrons. The van der Waals surface area contributed by atoms with Crippen LogP contribution in [0.3, 0.4) is 0 Å². The van der Waals surface area contributed by atoms with E-state index in [-0.39, 0.29) is 6.04 Å². The Hall–Kier alpha value is -1.50. The van der Waals surface area contributed by atoms with Crippen molar-refractivity contribution in [3.05, 3.63) is 36.2 Å². The second-order valence-corrected chi connectivity index (χ2v) is 7.71. The van der Waals surface area contributed by atoms with Gasteiger partial charge in [-0.05, 0) is 38.4 Å². The van der Waals surface area contributed by atoms with Crippen molar-refractivity contribution in [2.24, 2.45) is 0 Å². The van der Waals surface area contributed by atoms with E-state index in [2.05, 4.69) is 10.3 Å². The smallest absolute Gasteiger partial charge is 0.243 e. The zero-order valence-corrected chi connectivity index (χ0v) is 13.7. The summed E-state index contributed by atoms with van der Waals surface area (Å²) in [6.45, 7) is 3.02. The Bertz CT molecular complexity index is 784. The Morgan fingerprint density at radius 2 is 2.14 bits per heavy atom. The maximum atomic E-state index is 13.1. The van der Waals surface area contributed by atoms with Crippen LogP contribution in [0.5, 0.6) is 0 Å². The number of aryl methyl sites for hydroxylation is 1. The number of sulfonamides is 1. The van der Waals surface area contributed by atoms with E-state index in [0.717, 1.165) is 29.2 Å². The van der Waals surface area contributed by atoms with E-state index in [9.17, 15) is 8.42 Å². The molecule has 2 aromatic rings. The molecule has 0 spiro atoms. The van der Waals surface area contributed by atoms with Gasteiger partial charge in [0.15, 0.2) is 0 Å². The van der Waals surface area contributed by atoms with Crippen molar-refractivity contribution in [2.75, 3.05) is 20.1 Å². The van der Waals surface area contributed by atoms with Gasteiger partial charge in [-0.3, -0.25) is 4.98 Å². The molecule has 0 aliphatic carbocycles. The first-order valence-corrected chi connectivity index (χ1v) is 8.99. The van der Waals surface area contributed by atoms with Crippen LogP contribution in [0.15, 0.2) is 35.5 Å². The first-order chi connectivity index (χ1) is 10.5. The molecule has 1 N–H and O–H groups in total. The number of nitrogens with zero attached hydrogens (tertiary/aromatic N) is 2. The lowest BCUT2D eigenvalue weighted by Gasteiger charge is -2.32. The Balaban J connectivity index is 2.10. The Morgan fingerprint density at radius 3 is 2.91 bits per heavy atom. The summed E-state index contributed by atoms with van der Waals surface area (Å²) in [6, 6.07) is 5.62. The van der Waals surface area contributed by atoms with Gasteiger partial charge in [0.05, 0.1) is 4.90 Å². The topological polar surface area (TPSA) is 62.3 Å². The van der Waals surface area contributed by atoms with Crippen molar-refractivity contribution in [3.8, 4) is 0 Å². The van der Waals surface area contributed by atoms with Crippen molar-refractivity contribution in [3.63, 3.8) is 0 Å². The summed E-state index contributed by atoms with van der Waals surface area (Å²) < 4.78 is 27.8. The predicted octanol–water partition coefficient (Wildman–Crippen LogP) is 1.92. The van der Waals surface area contributed by atoms with Crippen molar-refractivity contribution in [1.82, 2.24) is 14.6 Å². The number of piperidine rings is 1. The van der Waals surface area contributed by atoms with E-state index < -0.39 is 10.0 Å². The summed E-state index contributed by atoms with van der Waals surface area (Å²) in [6.07, 6.45) is 5.33. The molecule has 1 aliphatic heterocycles. The third kappa shape index (κ3) is 2.62. The quantitative estimate of drug-likeness (QED) is 0.939. The van der Waals surface area contributed by atoms with E-state index in [0.29, 0.717) is 18.0 Å². The molecule has 1 aromatic carbocycles. The SMILES string of the molecule is CN[C@@H]1CCCN(S(=O)(=O)c2cccc3cncc(C)c23)C1. The van der Waals surface area contributed by atoms with Gasteiger partial charge in [0, 0.05) is 42.3 Å². The number of hydrogen-bond acceptors (Lipinski definition) is 4. The van der Waals surface area contributed by atoms with Gasteiger partial charge in [0.2, 0.25) is 10.0 Å². The molecule has 1 atom stereocenters. The van der Waals surface area contributed by atoms with Gasteiger partial charge in [0.1, 0.15) is 0 Å². The molecule has 1 saturated heterocycles. The molecule has 6 heteroatoms. The van der Waals surface area contributed by atoms with Crippen LogP contribution in [0.2, 0.25) is 0 Å². The molecule has 1 aliphatic rings. The predicted molar refractivity (Wildman–Crippen MR) is 87.3 cm³/mol. The van der Waals surface area contributed by atoms with Crippen LogP contribution in [0, 0.1) is 6.92 Å². The van der Waals surface area contributed by atoms with Crippen molar-refractivity contribution in [2.45, 2.75) is 30.7 Å². The monoisotopic (exact) mass is 319 g/mol. The molecule has 2 heterocycles. The molecule has 118 valence electrons. The van der Waals surface area contributed by atoms with Gasteiger partial charge < -0.3 is 5.32 Å². The number of nitrogens with one attached hydrogen (secondary N) is 1. The number of benzene rings is 1. The Kier molecular flexibility index (Phi) is 4.16. The number of hydrogen-bond donors (Lipinski definition) is 1. The van der Waals surface area contributed by atoms with E-state index in [1.165, 1.54) is 0 Å². The highest BCUT2D eigenvalue weighted by atomic mass is 32.2. The molecule has 1 aromatic heterocycles. The molecule has 0 saturated carbocycles. The largest absolute Gasteiger partial charge is 0.316 e. The second-order valence-electron chi connectivity index (χ2n) is 5.80. The van der Waals surface area contributed by atoms with Crippen LogP contribution >= 0.6 is 0 Å². The zero-order valence-electron chi connectivity index (χ0n) is 12.9. The van der Waals surface area contributed by atoms with Gasteiger partial charge >= 0.3 is 0 Å². The Labute approximate surface area is 131 Å². The highest BCUT2D eigenvalue weighted by Gasteiger charge is 2.31. The first kappa shape index (κ1) is 15.4. The third-order valence-corrected chi connectivity index (χ3v) is 6.25. The van der Waals surface area contributed by atoms with Crippen LogP contribution in [0.1, 0.15) is 18.4 Å². The number of likely N-dealkylation sites (N-methyl/N-ethyl adjacent to an activating group) is 1. The summed E-state index contributed by atoms with van der Waals surface area (Å²) in [7, 11) is -1.61. The summed E-state index contributed by atoms with van der Waals surface area (Å²) in [5.41, 5.74) is 0.888. The Morgan fingerprint density at radius 1 is 1.32 bits per heavy atom. The molecule has 1 fully saturated rings. The molecule has 22 heavy (non-hydrogen) atoms. The molecule has 5 nitrogen and oxygen atoms in total. The fourth-order valence-corrected chi connectivity index (χ4v) is 4.93. The number of aromatic nitrogens is 1. The van der Waals surface area contributed by atoms with Gasteiger partial charge in [-0.2, -0.15) is 4.31 Å². The fraction of sp³-hybridized carbons (Fsp3) is 0.438. The minimum absolute atomic E-state index is 0.223. The van der Waals surface area contributed by atoms with Crippen molar-refractivity contribution >= 4 is 20.8 Å². The molecular formula is C16H21N3O2S. The summed E-state index contributed by atoms with van der Waals surface area (Å²) >= 11 is 0. The maximum Gasteiger partial charge on any atom is 0.243 e. The van der Waals surface area contributed by atoms with Crippen molar-refractivity contribution in [1.29, 1.82) is 0 Å². The number of fused-ring (bicyclic) bond motifs is 1. The van der Waals surface area contributed by atoms with E-state index >= 15 is 0 Å². The van der Waals surface area contributed by atoms with Crippen LogP contribution in [0.25, 0.3) is 10.8 Å². The van der Waals surface area contributed by atoms with Crippen LogP contribution in [-0.2, 0) is 10.0 Å². The lowest BCUT2D eigenvalue weighted by molar-refractivity contribution is 0.293. The highest BCUT2D eigenvalue weighted by Crippen LogP contribution is 2.29. The minimum Gasteiger partial charge on any atom is -0.316 e. The summed E-state index contributed by atoms with van der Waals surface area (Å²) in [4.78, 5) is 4.55. The lowest BCUT2D eigenvalue weighted by atomic mass is 10.1. The van der Waals surface area contributed by atoms with Crippen LogP contribution in [-0.4, -0.2) is 43.9 Å². The van der Waals surface area contributed by atoms with Gasteiger partial charge in [-0.25, -0.2) is 8.42 Å².